The summed E-state index contributed by atoms with van der Waals surface area (Å²) >= 11 is 0. The fourth-order valence-corrected chi connectivity index (χ4v) is 3.96. The number of nitrogens with zero attached hydrogens (tertiary/aromatic N) is 1. The van der Waals surface area contributed by atoms with E-state index in [1.807, 2.05) is 0 Å². The number of rotatable bonds is 3. The van der Waals surface area contributed by atoms with Gasteiger partial charge in [-0.25, -0.2) is 0 Å². The summed E-state index contributed by atoms with van der Waals surface area (Å²) in [5, 5.41) is 13.8. The number of aromatic amines is 1. The van der Waals surface area contributed by atoms with Gasteiger partial charge in [-0.1, -0.05) is 30.3 Å². The number of carbonyl (C=O) groups is 1. The smallest absolute Gasteiger partial charge is 0.272 e. The van der Waals surface area contributed by atoms with Gasteiger partial charge in [0.15, 0.2) is 5.69 Å². The largest absolute Gasteiger partial charge is 0.348 e. The number of benzene rings is 1. The number of hydrogen-bond acceptors (Lipinski definition) is 3. The molecule has 0 bridgehead atoms. The number of aromatic nitrogens is 2. The van der Waals surface area contributed by atoms with Crippen LogP contribution in [-0.4, -0.2) is 28.7 Å². The fourth-order valence-electron chi connectivity index (χ4n) is 3.96. The molecule has 2 aromatic rings. The summed E-state index contributed by atoms with van der Waals surface area (Å²) < 4.78 is 0. The van der Waals surface area contributed by atoms with Crippen molar-refractivity contribution < 1.29 is 4.79 Å². The molecule has 24 heavy (non-hydrogen) atoms. The van der Waals surface area contributed by atoms with E-state index in [1.54, 1.807) is 0 Å². The van der Waals surface area contributed by atoms with E-state index < -0.39 is 0 Å². The predicted octanol–water partition coefficient (Wildman–Crippen LogP) is 2.51. The van der Waals surface area contributed by atoms with E-state index >= 15 is 0 Å². The first-order chi connectivity index (χ1) is 11.8. The van der Waals surface area contributed by atoms with Crippen LogP contribution < -0.4 is 10.6 Å². The maximum atomic E-state index is 12.6. The molecular formula is C19H24N4O. The lowest BCUT2D eigenvalue weighted by atomic mass is 9.82. The summed E-state index contributed by atoms with van der Waals surface area (Å²) in [6.45, 7) is 1.68. The molecule has 1 saturated carbocycles. The van der Waals surface area contributed by atoms with Crippen LogP contribution in [0, 0.1) is 0 Å². The Kier molecular flexibility index (Phi) is 4.34. The van der Waals surface area contributed by atoms with Gasteiger partial charge in [-0.3, -0.25) is 9.89 Å². The van der Waals surface area contributed by atoms with E-state index in [2.05, 4.69) is 51.2 Å². The number of amides is 1. The highest BCUT2D eigenvalue weighted by Gasteiger charge is 2.26. The zero-order valence-electron chi connectivity index (χ0n) is 13.8. The molecule has 2 heterocycles. The molecule has 0 radical (unpaired) electrons. The standard InChI is InChI=1S/C19H24N4O/c24-19(18-16-12-20-11-10-17(16)22-23-18)21-15-8-6-14(7-9-15)13-4-2-1-3-5-13/h1-5,14-15,20H,6-12H2,(H,21,24)(H,22,23). The molecule has 1 amide bonds. The molecule has 0 saturated heterocycles. The van der Waals surface area contributed by atoms with Gasteiger partial charge >= 0.3 is 0 Å². The molecule has 5 nitrogen and oxygen atoms in total. The van der Waals surface area contributed by atoms with Crippen LogP contribution in [0.3, 0.4) is 0 Å². The van der Waals surface area contributed by atoms with Crippen LogP contribution in [-0.2, 0) is 13.0 Å². The molecule has 1 aromatic heterocycles. The second kappa shape index (κ2) is 6.77. The molecule has 0 atom stereocenters. The van der Waals surface area contributed by atoms with Crippen LogP contribution in [0.15, 0.2) is 30.3 Å². The van der Waals surface area contributed by atoms with Crippen molar-refractivity contribution in [3.8, 4) is 0 Å². The molecular weight excluding hydrogens is 300 g/mol. The summed E-state index contributed by atoms with van der Waals surface area (Å²) in [5.41, 5.74) is 4.14. The monoisotopic (exact) mass is 324 g/mol. The van der Waals surface area contributed by atoms with Gasteiger partial charge in [0.25, 0.3) is 5.91 Å². The van der Waals surface area contributed by atoms with Crippen molar-refractivity contribution in [1.82, 2.24) is 20.8 Å². The Morgan fingerprint density at radius 1 is 1.12 bits per heavy atom. The summed E-state index contributed by atoms with van der Waals surface area (Å²) in [4.78, 5) is 12.6. The molecule has 2 aliphatic rings. The van der Waals surface area contributed by atoms with Gasteiger partial charge in [-0.05, 0) is 37.2 Å². The molecule has 3 N–H and O–H groups in total. The zero-order chi connectivity index (χ0) is 16.4. The highest BCUT2D eigenvalue weighted by Crippen LogP contribution is 2.32. The Bertz CT molecular complexity index is 701. The van der Waals surface area contributed by atoms with E-state index in [-0.39, 0.29) is 11.9 Å². The predicted molar refractivity (Wildman–Crippen MR) is 92.9 cm³/mol. The number of H-pyrrole nitrogens is 1. The molecule has 1 aliphatic carbocycles. The van der Waals surface area contributed by atoms with Gasteiger partial charge in [0.1, 0.15) is 0 Å². The molecule has 1 aliphatic heterocycles. The van der Waals surface area contributed by atoms with Crippen molar-refractivity contribution in [1.29, 1.82) is 0 Å². The molecule has 1 fully saturated rings. The Labute approximate surface area is 142 Å². The number of nitrogens with one attached hydrogen (secondary N) is 3. The molecule has 5 heteroatoms. The second-order valence-corrected chi connectivity index (χ2v) is 6.89. The second-order valence-electron chi connectivity index (χ2n) is 6.89. The Morgan fingerprint density at radius 3 is 2.71 bits per heavy atom. The zero-order valence-corrected chi connectivity index (χ0v) is 13.8. The van der Waals surface area contributed by atoms with Gasteiger partial charge < -0.3 is 10.6 Å². The van der Waals surface area contributed by atoms with Crippen LogP contribution in [0.2, 0.25) is 0 Å². The number of carbonyl (C=O) groups excluding carboxylic acids is 1. The maximum Gasteiger partial charge on any atom is 0.272 e. The highest BCUT2D eigenvalue weighted by atomic mass is 16.2. The Balaban J connectivity index is 1.35. The summed E-state index contributed by atoms with van der Waals surface area (Å²) in [6.07, 6.45) is 5.26. The summed E-state index contributed by atoms with van der Waals surface area (Å²) in [6, 6.07) is 11.0. The SMILES string of the molecule is O=C(NC1CCC(c2ccccc2)CC1)c1n[nH]c2c1CNCC2. The Morgan fingerprint density at radius 2 is 1.92 bits per heavy atom. The maximum absolute atomic E-state index is 12.6. The fraction of sp³-hybridized carbons (Fsp3) is 0.474. The van der Waals surface area contributed by atoms with Gasteiger partial charge in [-0.15, -0.1) is 0 Å². The average Bonchev–Trinajstić information content (AvgIpc) is 3.07. The van der Waals surface area contributed by atoms with Crippen LogP contribution >= 0.6 is 0 Å². The van der Waals surface area contributed by atoms with Crippen molar-refractivity contribution in [3.63, 3.8) is 0 Å². The first-order valence-corrected chi connectivity index (χ1v) is 8.94. The van der Waals surface area contributed by atoms with E-state index in [0.29, 0.717) is 11.6 Å². The molecule has 126 valence electrons. The number of fused-ring (bicyclic) bond motifs is 1. The quantitative estimate of drug-likeness (QED) is 0.812. The van der Waals surface area contributed by atoms with Crippen LogP contribution in [0.5, 0.6) is 0 Å². The van der Waals surface area contributed by atoms with E-state index in [9.17, 15) is 4.79 Å². The van der Waals surface area contributed by atoms with Crippen LogP contribution in [0.1, 0.15) is 58.9 Å². The minimum Gasteiger partial charge on any atom is -0.348 e. The topological polar surface area (TPSA) is 69.8 Å². The third kappa shape index (κ3) is 3.08. The van der Waals surface area contributed by atoms with Crippen molar-refractivity contribution >= 4 is 5.91 Å². The molecule has 0 spiro atoms. The lowest BCUT2D eigenvalue weighted by molar-refractivity contribution is 0.0919. The molecule has 4 rings (SSSR count). The first kappa shape index (κ1) is 15.4. The van der Waals surface area contributed by atoms with Crippen molar-refractivity contribution in [2.24, 2.45) is 0 Å². The van der Waals surface area contributed by atoms with Crippen molar-refractivity contribution in [3.05, 3.63) is 52.8 Å². The molecule has 1 aromatic carbocycles. The van der Waals surface area contributed by atoms with E-state index in [0.717, 1.165) is 56.5 Å². The lowest BCUT2D eigenvalue weighted by Crippen LogP contribution is -2.38. The van der Waals surface area contributed by atoms with Gasteiger partial charge in [0.05, 0.1) is 0 Å². The van der Waals surface area contributed by atoms with Gasteiger partial charge in [0.2, 0.25) is 0 Å². The minimum atomic E-state index is -0.0284. The molecule has 0 unspecified atom stereocenters. The van der Waals surface area contributed by atoms with E-state index in [1.165, 1.54) is 5.56 Å². The van der Waals surface area contributed by atoms with Crippen LogP contribution in [0.25, 0.3) is 0 Å². The Hall–Kier alpha value is -2.14. The first-order valence-electron chi connectivity index (χ1n) is 8.94. The third-order valence-corrected chi connectivity index (χ3v) is 5.35. The van der Waals surface area contributed by atoms with Gasteiger partial charge in [-0.2, -0.15) is 5.10 Å². The minimum absolute atomic E-state index is 0.0284. The number of hydrogen-bond donors (Lipinski definition) is 3. The van der Waals surface area contributed by atoms with Crippen molar-refractivity contribution in [2.75, 3.05) is 6.54 Å². The van der Waals surface area contributed by atoms with Crippen LogP contribution in [0.4, 0.5) is 0 Å². The normalized spacial score (nSPS) is 23.5. The third-order valence-electron chi connectivity index (χ3n) is 5.35. The van der Waals surface area contributed by atoms with E-state index in [4.69, 9.17) is 0 Å². The van der Waals surface area contributed by atoms with Crippen molar-refractivity contribution in [2.45, 2.75) is 50.6 Å². The highest BCUT2D eigenvalue weighted by molar-refractivity contribution is 5.94. The summed E-state index contributed by atoms with van der Waals surface area (Å²) in [7, 11) is 0. The average molecular weight is 324 g/mol. The van der Waals surface area contributed by atoms with Gasteiger partial charge in [0, 0.05) is 36.8 Å². The lowest BCUT2D eigenvalue weighted by Gasteiger charge is -2.29. The summed E-state index contributed by atoms with van der Waals surface area (Å²) in [5.74, 6) is 0.598.